The fourth-order valence-corrected chi connectivity index (χ4v) is 0.938. The van der Waals surface area contributed by atoms with Gasteiger partial charge >= 0.3 is 0 Å². The van der Waals surface area contributed by atoms with Gasteiger partial charge in [0.05, 0.1) is 6.10 Å². The Morgan fingerprint density at radius 1 is 1.45 bits per heavy atom. The molecule has 0 radical (unpaired) electrons. The summed E-state index contributed by atoms with van der Waals surface area (Å²) in [5.41, 5.74) is 5.78. The van der Waals surface area contributed by atoms with Crippen LogP contribution in [0.4, 0.5) is 0 Å². The highest BCUT2D eigenvalue weighted by Crippen LogP contribution is 2.04. The van der Waals surface area contributed by atoms with Gasteiger partial charge in [0.25, 0.3) is 0 Å². The largest absolute Gasteiger partial charge is 0.391 e. The van der Waals surface area contributed by atoms with E-state index in [-0.39, 0.29) is 18.2 Å². The van der Waals surface area contributed by atoms with E-state index in [0.29, 0.717) is 0 Å². The topological polar surface area (TPSA) is 49.5 Å². The molecule has 0 bridgehead atoms. The van der Waals surface area contributed by atoms with E-state index in [1.54, 1.807) is 0 Å². The SMILES string of the molecule is CCC(O)C(N)C(C)N(C)C. The first-order valence-electron chi connectivity index (χ1n) is 4.10. The molecule has 0 aromatic carbocycles. The third-order valence-corrected chi connectivity index (χ3v) is 2.23. The zero-order valence-electron chi connectivity index (χ0n) is 7.91. The van der Waals surface area contributed by atoms with Crippen molar-refractivity contribution in [3.63, 3.8) is 0 Å². The number of nitrogens with zero attached hydrogens (tertiary/aromatic N) is 1. The van der Waals surface area contributed by atoms with E-state index in [9.17, 15) is 5.11 Å². The lowest BCUT2D eigenvalue weighted by Gasteiger charge is -2.29. The van der Waals surface area contributed by atoms with Crippen molar-refractivity contribution in [3.8, 4) is 0 Å². The second-order valence-electron chi connectivity index (χ2n) is 3.26. The molecule has 0 saturated carbocycles. The van der Waals surface area contributed by atoms with Crippen LogP contribution in [-0.2, 0) is 0 Å². The summed E-state index contributed by atoms with van der Waals surface area (Å²) in [7, 11) is 3.93. The highest BCUT2D eigenvalue weighted by molar-refractivity contribution is 4.80. The van der Waals surface area contributed by atoms with Crippen molar-refractivity contribution in [2.75, 3.05) is 14.1 Å². The van der Waals surface area contributed by atoms with Crippen molar-refractivity contribution in [2.45, 2.75) is 38.5 Å². The molecule has 3 N–H and O–H groups in total. The molecular formula is C8H20N2O. The quantitative estimate of drug-likeness (QED) is 0.610. The Balaban J connectivity index is 3.90. The van der Waals surface area contributed by atoms with Crippen LogP contribution in [0.25, 0.3) is 0 Å². The number of likely N-dealkylation sites (N-methyl/N-ethyl adjacent to an activating group) is 1. The fraction of sp³-hybridized carbons (Fsp3) is 1.00. The van der Waals surface area contributed by atoms with E-state index in [4.69, 9.17) is 5.73 Å². The zero-order chi connectivity index (χ0) is 9.02. The van der Waals surface area contributed by atoms with Crippen molar-refractivity contribution < 1.29 is 5.11 Å². The van der Waals surface area contributed by atoms with Crippen LogP contribution < -0.4 is 5.73 Å². The first kappa shape index (κ1) is 10.9. The van der Waals surface area contributed by atoms with Gasteiger partial charge < -0.3 is 15.7 Å². The molecule has 0 heterocycles. The van der Waals surface area contributed by atoms with Crippen molar-refractivity contribution in [1.82, 2.24) is 4.90 Å². The number of hydrogen-bond acceptors (Lipinski definition) is 3. The van der Waals surface area contributed by atoms with Crippen molar-refractivity contribution in [1.29, 1.82) is 0 Å². The molecule has 3 nitrogen and oxygen atoms in total. The highest BCUT2D eigenvalue weighted by Gasteiger charge is 2.20. The molecule has 3 heteroatoms. The van der Waals surface area contributed by atoms with Gasteiger partial charge in [-0.15, -0.1) is 0 Å². The van der Waals surface area contributed by atoms with E-state index in [0.717, 1.165) is 6.42 Å². The average Bonchev–Trinajstić information content (AvgIpc) is 2.00. The van der Waals surface area contributed by atoms with Gasteiger partial charge in [0, 0.05) is 12.1 Å². The minimum atomic E-state index is -0.382. The van der Waals surface area contributed by atoms with Crippen molar-refractivity contribution in [2.24, 2.45) is 5.73 Å². The van der Waals surface area contributed by atoms with Crippen LogP contribution in [0, 0.1) is 0 Å². The lowest BCUT2D eigenvalue weighted by molar-refractivity contribution is 0.100. The number of rotatable bonds is 4. The second kappa shape index (κ2) is 4.70. The predicted molar refractivity (Wildman–Crippen MR) is 47.4 cm³/mol. The maximum absolute atomic E-state index is 9.39. The third-order valence-electron chi connectivity index (χ3n) is 2.23. The van der Waals surface area contributed by atoms with Gasteiger partial charge in [0.15, 0.2) is 0 Å². The third kappa shape index (κ3) is 3.18. The minimum absolute atomic E-state index is 0.144. The number of aliphatic hydroxyl groups is 1. The van der Waals surface area contributed by atoms with Crippen molar-refractivity contribution in [3.05, 3.63) is 0 Å². The normalized spacial score (nSPS) is 19.9. The second-order valence-corrected chi connectivity index (χ2v) is 3.26. The summed E-state index contributed by atoms with van der Waals surface area (Å²) in [6, 6.07) is 0.0833. The highest BCUT2D eigenvalue weighted by atomic mass is 16.3. The van der Waals surface area contributed by atoms with Crippen LogP contribution in [0.15, 0.2) is 0 Å². The Kier molecular flexibility index (Phi) is 4.65. The molecule has 3 atom stereocenters. The summed E-state index contributed by atoms with van der Waals surface area (Å²) in [6.07, 6.45) is 0.340. The average molecular weight is 160 g/mol. The standard InChI is InChI=1S/C8H20N2O/c1-5-7(11)8(9)6(2)10(3)4/h6-8,11H,5,9H2,1-4H3. The summed E-state index contributed by atoms with van der Waals surface area (Å²) >= 11 is 0. The monoisotopic (exact) mass is 160 g/mol. The van der Waals surface area contributed by atoms with E-state index < -0.39 is 0 Å². The first-order chi connectivity index (χ1) is 5.00. The molecule has 0 aliphatic rings. The van der Waals surface area contributed by atoms with E-state index in [2.05, 4.69) is 0 Å². The molecule has 0 aliphatic heterocycles. The van der Waals surface area contributed by atoms with Gasteiger partial charge in [-0.2, -0.15) is 0 Å². The number of nitrogens with two attached hydrogens (primary N) is 1. The maximum atomic E-state index is 9.39. The van der Waals surface area contributed by atoms with Gasteiger partial charge in [-0.05, 0) is 27.4 Å². The van der Waals surface area contributed by atoms with Crippen LogP contribution in [0.1, 0.15) is 20.3 Å². The Bertz CT molecular complexity index is 106. The smallest absolute Gasteiger partial charge is 0.0703 e. The van der Waals surface area contributed by atoms with Crippen molar-refractivity contribution >= 4 is 0 Å². The maximum Gasteiger partial charge on any atom is 0.0703 e. The predicted octanol–water partition coefficient (Wildman–Crippen LogP) is 0.0347. The summed E-state index contributed by atoms with van der Waals surface area (Å²) < 4.78 is 0. The van der Waals surface area contributed by atoms with Crippen LogP contribution >= 0.6 is 0 Å². The molecule has 3 unspecified atom stereocenters. The summed E-state index contributed by atoms with van der Waals surface area (Å²) in [6.45, 7) is 3.95. The Morgan fingerprint density at radius 2 is 1.91 bits per heavy atom. The molecule has 0 spiro atoms. The molecule has 0 aromatic rings. The first-order valence-corrected chi connectivity index (χ1v) is 4.10. The summed E-state index contributed by atoms with van der Waals surface area (Å²) in [4.78, 5) is 2.02. The van der Waals surface area contributed by atoms with Gasteiger partial charge in [0.2, 0.25) is 0 Å². The lowest BCUT2D eigenvalue weighted by Crippen LogP contribution is -2.49. The summed E-state index contributed by atoms with van der Waals surface area (Å²) in [5, 5.41) is 9.39. The Hall–Kier alpha value is -0.120. The molecule has 0 aromatic heterocycles. The molecular weight excluding hydrogens is 140 g/mol. The molecule has 0 amide bonds. The molecule has 11 heavy (non-hydrogen) atoms. The van der Waals surface area contributed by atoms with E-state index >= 15 is 0 Å². The van der Waals surface area contributed by atoms with Crippen LogP contribution in [0.3, 0.4) is 0 Å². The van der Waals surface area contributed by atoms with Crippen LogP contribution in [-0.4, -0.2) is 42.3 Å². The Morgan fingerprint density at radius 3 is 2.18 bits per heavy atom. The van der Waals surface area contributed by atoms with Gasteiger partial charge in [0.1, 0.15) is 0 Å². The van der Waals surface area contributed by atoms with Crippen LogP contribution in [0.5, 0.6) is 0 Å². The molecule has 0 aliphatic carbocycles. The molecule has 0 saturated heterocycles. The van der Waals surface area contributed by atoms with E-state index in [1.807, 2.05) is 32.8 Å². The van der Waals surface area contributed by atoms with Gasteiger partial charge in [-0.3, -0.25) is 0 Å². The Labute approximate surface area is 69.2 Å². The lowest BCUT2D eigenvalue weighted by atomic mass is 10.0. The molecule has 0 rings (SSSR count). The fourth-order valence-electron chi connectivity index (χ4n) is 0.938. The minimum Gasteiger partial charge on any atom is -0.391 e. The zero-order valence-corrected chi connectivity index (χ0v) is 7.91. The van der Waals surface area contributed by atoms with E-state index in [1.165, 1.54) is 0 Å². The van der Waals surface area contributed by atoms with Crippen LogP contribution in [0.2, 0.25) is 0 Å². The molecule has 68 valence electrons. The summed E-state index contributed by atoms with van der Waals surface area (Å²) in [5.74, 6) is 0. The number of hydrogen-bond donors (Lipinski definition) is 2. The van der Waals surface area contributed by atoms with Gasteiger partial charge in [-0.25, -0.2) is 0 Å². The van der Waals surface area contributed by atoms with Gasteiger partial charge in [-0.1, -0.05) is 6.92 Å². The number of aliphatic hydroxyl groups excluding tert-OH is 1. The molecule has 0 fully saturated rings.